The zero-order valence-electron chi connectivity index (χ0n) is 11.5. The maximum absolute atomic E-state index is 14.6. The summed E-state index contributed by atoms with van der Waals surface area (Å²) in [5.41, 5.74) is -0.648. The highest BCUT2D eigenvalue weighted by Gasteiger charge is 2.23. The lowest BCUT2D eigenvalue weighted by Crippen LogP contribution is -2.02. The number of hydrogen-bond acceptors (Lipinski definition) is 2. The molecule has 0 amide bonds. The molecule has 116 valence electrons. The quantitative estimate of drug-likeness (QED) is 0.747. The molecule has 7 heteroatoms. The number of aromatic nitrogens is 2. The number of aromatic amines is 1. The van der Waals surface area contributed by atoms with Crippen molar-refractivity contribution < 1.29 is 18.7 Å². The normalized spacial score (nSPS) is 10.7. The maximum Gasteiger partial charge on any atom is 0.336 e. The molecular weight excluding hydrogens is 326 g/mol. The molecule has 0 bridgehead atoms. The van der Waals surface area contributed by atoms with Gasteiger partial charge in [0.2, 0.25) is 0 Å². The zero-order valence-corrected chi connectivity index (χ0v) is 12.2. The summed E-state index contributed by atoms with van der Waals surface area (Å²) < 4.78 is 28.7. The Balaban J connectivity index is 2.17. The number of benzene rings is 2. The number of halogens is 3. The molecule has 0 aliphatic heterocycles. The summed E-state index contributed by atoms with van der Waals surface area (Å²) in [7, 11) is 0. The second-order valence-electron chi connectivity index (χ2n) is 4.74. The van der Waals surface area contributed by atoms with Crippen molar-refractivity contribution in [2.45, 2.75) is 0 Å². The second kappa shape index (κ2) is 5.81. The molecule has 0 atom stereocenters. The first-order chi connectivity index (χ1) is 11.0. The summed E-state index contributed by atoms with van der Waals surface area (Å²) in [4.78, 5) is 11.2. The molecule has 0 aliphatic carbocycles. The van der Waals surface area contributed by atoms with E-state index in [1.54, 1.807) is 24.3 Å². The van der Waals surface area contributed by atoms with E-state index in [9.17, 15) is 13.6 Å². The third-order valence-corrected chi connectivity index (χ3v) is 3.57. The standard InChI is InChI=1S/C16H9ClF2N2O2/c17-9-6-4-8(5-7-9)14-13(19)15(21-20-14)12-10(16(22)23)2-1-3-11(12)18/h1-7H,(H,20,21)(H,22,23). The van der Waals surface area contributed by atoms with Crippen LogP contribution in [0.3, 0.4) is 0 Å². The third kappa shape index (κ3) is 2.68. The zero-order chi connectivity index (χ0) is 16.6. The Morgan fingerprint density at radius 1 is 1.13 bits per heavy atom. The maximum atomic E-state index is 14.6. The number of nitrogens with zero attached hydrogens (tertiary/aromatic N) is 1. The molecule has 2 N–H and O–H groups in total. The monoisotopic (exact) mass is 334 g/mol. The van der Waals surface area contributed by atoms with Gasteiger partial charge in [-0.15, -0.1) is 0 Å². The number of H-pyrrole nitrogens is 1. The van der Waals surface area contributed by atoms with Crippen LogP contribution in [0.2, 0.25) is 5.02 Å². The number of carboxylic acids is 1. The summed E-state index contributed by atoms with van der Waals surface area (Å²) in [6.45, 7) is 0. The molecule has 2 aromatic carbocycles. The number of nitrogens with one attached hydrogen (secondary N) is 1. The summed E-state index contributed by atoms with van der Waals surface area (Å²) in [6.07, 6.45) is 0. The summed E-state index contributed by atoms with van der Waals surface area (Å²) in [6, 6.07) is 9.76. The molecular formula is C16H9ClF2N2O2. The van der Waals surface area contributed by atoms with Crippen molar-refractivity contribution in [2.75, 3.05) is 0 Å². The Kier molecular flexibility index (Phi) is 3.83. The molecule has 0 radical (unpaired) electrons. The third-order valence-electron chi connectivity index (χ3n) is 3.32. The number of carboxylic acid groups (broad SMARTS) is 1. The largest absolute Gasteiger partial charge is 0.478 e. The minimum Gasteiger partial charge on any atom is -0.478 e. The van der Waals surface area contributed by atoms with Crippen LogP contribution < -0.4 is 0 Å². The van der Waals surface area contributed by atoms with Gasteiger partial charge < -0.3 is 5.11 Å². The van der Waals surface area contributed by atoms with Crippen molar-refractivity contribution in [3.8, 4) is 22.5 Å². The van der Waals surface area contributed by atoms with Crippen LogP contribution >= 0.6 is 11.6 Å². The lowest BCUT2D eigenvalue weighted by atomic mass is 10.0. The van der Waals surface area contributed by atoms with E-state index in [2.05, 4.69) is 10.2 Å². The Bertz CT molecular complexity index is 892. The van der Waals surface area contributed by atoms with Crippen LogP contribution in [-0.4, -0.2) is 21.3 Å². The van der Waals surface area contributed by atoms with Gasteiger partial charge in [0.1, 0.15) is 17.2 Å². The van der Waals surface area contributed by atoms with Crippen LogP contribution in [0.25, 0.3) is 22.5 Å². The number of rotatable bonds is 3. The van der Waals surface area contributed by atoms with Crippen LogP contribution in [0.4, 0.5) is 8.78 Å². The number of carbonyl (C=O) groups is 1. The molecule has 0 spiro atoms. The second-order valence-corrected chi connectivity index (χ2v) is 5.17. The highest BCUT2D eigenvalue weighted by atomic mass is 35.5. The highest BCUT2D eigenvalue weighted by molar-refractivity contribution is 6.30. The smallest absolute Gasteiger partial charge is 0.336 e. The van der Waals surface area contributed by atoms with Crippen LogP contribution in [-0.2, 0) is 0 Å². The predicted octanol–water partition coefficient (Wildman–Crippen LogP) is 4.37. The summed E-state index contributed by atoms with van der Waals surface area (Å²) in [5.74, 6) is -3.04. The first-order valence-electron chi connectivity index (χ1n) is 6.51. The first-order valence-corrected chi connectivity index (χ1v) is 6.89. The molecule has 0 aliphatic rings. The van der Waals surface area contributed by atoms with E-state index in [0.29, 0.717) is 10.6 Å². The number of hydrogen-bond donors (Lipinski definition) is 2. The molecule has 0 fully saturated rings. The SMILES string of the molecule is O=C(O)c1cccc(F)c1-c1[nH]nc(-c2ccc(Cl)cc2)c1F. The van der Waals surface area contributed by atoms with Gasteiger partial charge in [0.15, 0.2) is 5.82 Å². The fourth-order valence-corrected chi connectivity index (χ4v) is 2.38. The Morgan fingerprint density at radius 2 is 1.83 bits per heavy atom. The van der Waals surface area contributed by atoms with Gasteiger partial charge in [-0.3, -0.25) is 5.10 Å². The van der Waals surface area contributed by atoms with E-state index in [-0.39, 0.29) is 22.5 Å². The average molecular weight is 335 g/mol. The molecule has 23 heavy (non-hydrogen) atoms. The van der Waals surface area contributed by atoms with E-state index in [0.717, 1.165) is 6.07 Å². The Labute approximate surface area is 134 Å². The van der Waals surface area contributed by atoms with Crippen molar-refractivity contribution in [1.82, 2.24) is 10.2 Å². The van der Waals surface area contributed by atoms with Gasteiger partial charge in [-0.2, -0.15) is 5.10 Å². The van der Waals surface area contributed by atoms with E-state index in [4.69, 9.17) is 16.7 Å². The lowest BCUT2D eigenvalue weighted by Gasteiger charge is -2.05. The minimum absolute atomic E-state index is 0.0451. The van der Waals surface area contributed by atoms with Crippen molar-refractivity contribution in [1.29, 1.82) is 0 Å². The van der Waals surface area contributed by atoms with Crippen LogP contribution in [0.15, 0.2) is 42.5 Å². The van der Waals surface area contributed by atoms with Crippen LogP contribution in [0.5, 0.6) is 0 Å². The van der Waals surface area contributed by atoms with E-state index < -0.39 is 17.6 Å². The van der Waals surface area contributed by atoms with Crippen molar-refractivity contribution in [3.05, 3.63) is 64.7 Å². The molecule has 4 nitrogen and oxygen atoms in total. The molecule has 0 saturated heterocycles. The minimum atomic E-state index is -1.36. The highest BCUT2D eigenvalue weighted by Crippen LogP contribution is 2.32. The van der Waals surface area contributed by atoms with E-state index >= 15 is 0 Å². The summed E-state index contributed by atoms with van der Waals surface area (Å²) >= 11 is 5.78. The Hall–Kier alpha value is -2.73. The molecule has 3 rings (SSSR count). The fourth-order valence-electron chi connectivity index (χ4n) is 2.25. The fraction of sp³-hybridized carbons (Fsp3) is 0. The first kappa shape index (κ1) is 15.2. The molecule has 0 saturated carbocycles. The van der Waals surface area contributed by atoms with Gasteiger partial charge in [0.25, 0.3) is 0 Å². The van der Waals surface area contributed by atoms with E-state index in [1.165, 1.54) is 12.1 Å². The average Bonchev–Trinajstić information content (AvgIpc) is 2.89. The summed E-state index contributed by atoms with van der Waals surface area (Å²) in [5, 5.41) is 15.8. The lowest BCUT2D eigenvalue weighted by molar-refractivity contribution is 0.0697. The van der Waals surface area contributed by atoms with Gasteiger partial charge in [0.05, 0.1) is 11.1 Å². The van der Waals surface area contributed by atoms with Crippen LogP contribution in [0, 0.1) is 11.6 Å². The van der Waals surface area contributed by atoms with Crippen molar-refractivity contribution in [2.24, 2.45) is 0 Å². The van der Waals surface area contributed by atoms with Gasteiger partial charge in [-0.25, -0.2) is 13.6 Å². The molecule has 1 aromatic heterocycles. The Morgan fingerprint density at radius 3 is 2.48 bits per heavy atom. The van der Waals surface area contributed by atoms with Crippen LogP contribution in [0.1, 0.15) is 10.4 Å². The molecule has 0 unspecified atom stereocenters. The van der Waals surface area contributed by atoms with E-state index in [1.807, 2.05) is 0 Å². The molecule has 1 heterocycles. The predicted molar refractivity (Wildman–Crippen MR) is 81.3 cm³/mol. The number of aromatic carboxylic acids is 1. The van der Waals surface area contributed by atoms with Gasteiger partial charge in [0, 0.05) is 10.6 Å². The van der Waals surface area contributed by atoms with Crippen molar-refractivity contribution >= 4 is 17.6 Å². The molecule has 3 aromatic rings. The topological polar surface area (TPSA) is 66.0 Å². The van der Waals surface area contributed by atoms with Gasteiger partial charge >= 0.3 is 5.97 Å². The van der Waals surface area contributed by atoms with Gasteiger partial charge in [-0.05, 0) is 24.3 Å². The van der Waals surface area contributed by atoms with Crippen molar-refractivity contribution in [3.63, 3.8) is 0 Å². The van der Waals surface area contributed by atoms with Gasteiger partial charge in [-0.1, -0.05) is 29.8 Å².